The van der Waals surface area contributed by atoms with Crippen LogP contribution in [0.25, 0.3) is 0 Å². The molecule has 2 nitrogen and oxygen atoms in total. The smallest absolute Gasteiger partial charge is 0.0931 e. The summed E-state index contributed by atoms with van der Waals surface area (Å²) in [5.41, 5.74) is 0.360. The number of rotatable bonds is 8. The van der Waals surface area contributed by atoms with E-state index >= 15 is 0 Å². The molecule has 0 aliphatic heterocycles. The lowest BCUT2D eigenvalue weighted by Crippen LogP contribution is -2.41. The van der Waals surface area contributed by atoms with Crippen molar-refractivity contribution in [1.82, 2.24) is 10.2 Å². The maximum absolute atomic E-state index is 5.99. The molecule has 0 bridgehead atoms. The second-order valence-electron chi connectivity index (χ2n) is 6.20. The molecule has 0 spiro atoms. The zero-order chi connectivity index (χ0) is 13.9. The lowest BCUT2D eigenvalue weighted by molar-refractivity contribution is 0.175. The maximum atomic E-state index is 5.99. The zero-order valence-electron chi connectivity index (χ0n) is 12.2. The van der Waals surface area contributed by atoms with Crippen LogP contribution in [0.5, 0.6) is 0 Å². The summed E-state index contributed by atoms with van der Waals surface area (Å²) in [4.78, 5) is 3.77. The van der Waals surface area contributed by atoms with Gasteiger partial charge in [-0.15, -0.1) is 11.3 Å². The summed E-state index contributed by atoms with van der Waals surface area (Å²) < 4.78 is 0.886. The van der Waals surface area contributed by atoms with Crippen LogP contribution in [0.15, 0.2) is 12.1 Å². The fourth-order valence-electron chi connectivity index (χ4n) is 2.38. The standard InChI is InChI=1S/C15H25ClN2S/c1-4-15(2,10-17-12-5-6-12)11-18(3)9-13-7-8-14(16)19-13/h7-8,12,17H,4-6,9-11H2,1-3H3. The third-order valence-electron chi connectivity index (χ3n) is 3.95. The van der Waals surface area contributed by atoms with Crippen LogP contribution in [0.4, 0.5) is 0 Å². The highest BCUT2D eigenvalue weighted by atomic mass is 35.5. The Bertz CT molecular complexity index is 403. The SMILES string of the molecule is CCC(C)(CNC1CC1)CN(C)Cc1ccc(Cl)s1. The highest BCUT2D eigenvalue weighted by Gasteiger charge is 2.28. The van der Waals surface area contributed by atoms with Gasteiger partial charge in [0.05, 0.1) is 4.34 Å². The van der Waals surface area contributed by atoms with Crippen LogP contribution in [0.1, 0.15) is 38.0 Å². The Morgan fingerprint density at radius 3 is 2.74 bits per heavy atom. The predicted octanol–water partition coefficient (Wildman–Crippen LogP) is 4.00. The Hall–Kier alpha value is -0.0900. The fourth-order valence-corrected chi connectivity index (χ4v) is 3.55. The molecule has 1 atom stereocenters. The van der Waals surface area contributed by atoms with Gasteiger partial charge in [0, 0.05) is 30.6 Å². The van der Waals surface area contributed by atoms with E-state index in [0.717, 1.165) is 30.0 Å². The van der Waals surface area contributed by atoms with Crippen LogP contribution in [0.2, 0.25) is 4.34 Å². The van der Waals surface area contributed by atoms with Gasteiger partial charge in [-0.05, 0) is 43.9 Å². The lowest BCUT2D eigenvalue weighted by atomic mass is 9.86. The predicted molar refractivity (Wildman–Crippen MR) is 85.1 cm³/mol. The molecule has 1 aromatic rings. The Morgan fingerprint density at radius 2 is 2.21 bits per heavy atom. The Kier molecular flexibility index (Phi) is 5.29. The molecule has 1 unspecified atom stereocenters. The van der Waals surface area contributed by atoms with Crippen molar-refractivity contribution >= 4 is 22.9 Å². The van der Waals surface area contributed by atoms with Gasteiger partial charge in [0.2, 0.25) is 0 Å². The molecule has 4 heteroatoms. The van der Waals surface area contributed by atoms with E-state index in [4.69, 9.17) is 11.6 Å². The minimum Gasteiger partial charge on any atom is -0.313 e. The van der Waals surface area contributed by atoms with Gasteiger partial charge in [-0.1, -0.05) is 25.4 Å². The first-order valence-corrected chi connectivity index (χ1v) is 8.36. The number of nitrogens with one attached hydrogen (secondary N) is 1. The topological polar surface area (TPSA) is 15.3 Å². The van der Waals surface area contributed by atoms with Gasteiger partial charge < -0.3 is 10.2 Å². The van der Waals surface area contributed by atoms with Crippen molar-refractivity contribution in [2.75, 3.05) is 20.1 Å². The Labute approximate surface area is 126 Å². The summed E-state index contributed by atoms with van der Waals surface area (Å²) in [5, 5.41) is 3.68. The Morgan fingerprint density at radius 1 is 1.47 bits per heavy atom. The second kappa shape index (κ2) is 6.57. The molecule has 0 amide bonds. The molecule has 0 radical (unpaired) electrons. The van der Waals surface area contributed by atoms with E-state index in [1.165, 1.54) is 24.1 Å². The van der Waals surface area contributed by atoms with Crippen LogP contribution in [-0.2, 0) is 6.54 Å². The van der Waals surface area contributed by atoms with Crippen LogP contribution in [0, 0.1) is 5.41 Å². The average molecular weight is 301 g/mol. The van der Waals surface area contributed by atoms with Crippen LogP contribution in [-0.4, -0.2) is 31.1 Å². The van der Waals surface area contributed by atoms with Gasteiger partial charge in [-0.2, -0.15) is 0 Å². The maximum Gasteiger partial charge on any atom is 0.0931 e. The molecular formula is C15H25ClN2S. The minimum absolute atomic E-state index is 0.360. The zero-order valence-corrected chi connectivity index (χ0v) is 13.8. The summed E-state index contributed by atoms with van der Waals surface area (Å²) in [6.07, 6.45) is 3.94. The van der Waals surface area contributed by atoms with Crippen LogP contribution >= 0.6 is 22.9 Å². The molecule has 2 rings (SSSR count). The summed E-state index contributed by atoms with van der Waals surface area (Å²) >= 11 is 7.67. The van der Waals surface area contributed by atoms with Gasteiger partial charge in [0.15, 0.2) is 0 Å². The first-order valence-electron chi connectivity index (χ1n) is 7.17. The molecule has 19 heavy (non-hydrogen) atoms. The van der Waals surface area contributed by atoms with Gasteiger partial charge in [0.25, 0.3) is 0 Å². The molecule has 1 heterocycles. The Balaban J connectivity index is 1.81. The van der Waals surface area contributed by atoms with Crippen LogP contribution in [0.3, 0.4) is 0 Å². The second-order valence-corrected chi connectivity index (χ2v) is 8.00. The van der Waals surface area contributed by atoms with Crippen molar-refractivity contribution in [3.8, 4) is 0 Å². The van der Waals surface area contributed by atoms with E-state index < -0.39 is 0 Å². The molecule has 1 aliphatic carbocycles. The van der Waals surface area contributed by atoms with Crippen molar-refractivity contribution < 1.29 is 0 Å². The molecule has 0 saturated heterocycles. The molecular weight excluding hydrogens is 276 g/mol. The molecule has 1 aromatic heterocycles. The highest BCUT2D eigenvalue weighted by molar-refractivity contribution is 7.16. The van der Waals surface area contributed by atoms with Gasteiger partial charge in [-0.3, -0.25) is 0 Å². The first kappa shape index (κ1) is 15.3. The molecule has 1 N–H and O–H groups in total. The molecule has 1 fully saturated rings. The minimum atomic E-state index is 0.360. The number of nitrogens with zero attached hydrogens (tertiary/aromatic N) is 1. The van der Waals surface area contributed by atoms with Gasteiger partial charge >= 0.3 is 0 Å². The number of hydrogen-bond acceptors (Lipinski definition) is 3. The van der Waals surface area contributed by atoms with E-state index in [2.05, 4.69) is 37.2 Å². The van der Waals surface area contributed by atoms with Gasteiger partial charge in [0.1, 0.15) is 0 Å². The monoisotopic (exact) mass is 300 g/mol. The van der Waals surface area contributed by atoms with Crippen LogP contribution < -0.4 is 5.32 Å². The normalized spacial score (nSPS) is 18.8. The third kappa shape index (κ3) is 5.07. The highest BCUT2D eigenvalue weighted by Crippen LogP contribution is 2.27. The summed E-state index contributed by atoms with van der Waals surface area (Å²) in [6, 6.07) is 4.92. The fraction of sp³-hybridized carbons (Fsp3) is 0.733. The van der Waals surface area contributed by atoms with Crippen molar-refractivity contribution in [3.05, 3.63) is 21.3 Å². The number of thiophene rings is 1. The van der Waals surface area contributed by atoms with E-state index in [1.807, 2.05) is 6.07 Å². The molecule has 0 aromatic carbocycles. The molecule has 1 aliphatic rings. The quantitative estimate of drug-likeness (QED) is 0.780. The van der Waals surface area contributed by atoms with E-state index in [9.17, 15) is 0 Å². The average Bonchev–Trinajstić information content (AvgIpc) is 3.10. The number of hydrogen-bond donors (Lipinski definition) is 1. The van der Waals surface area contributed by atoms with Crippen molar-refractivity contribution in [2.45, 2.75) is 45.7 Å². The van der Waals surface area contributed by atoms with Gasteiger partial charge in [-0.25, -0.2) is 0 Å². The molecule has 1 saturated carbocycles. The molecule has 108 valence electrons. The summed E-state index contributed by atoms with van der Waals surface area (Å²) in [6.45, 7) is 7.93. The summed E-state index contributed by atoms with van der Waals surface area (Å²) in [5.74, 6) is 0. The number of halogens is 1. The lowest BCUT2D eigenvalue weighted by Gasteiger charge is -2.33. The van der Waals surface area contributed by atoms with Crippen molar-refractivity contribution in [3.63, 3.8) is 0 Å². The van der Waals surface area contributed by atoms with E-state index in [1.54, 1.807) is 11.3 Å². The third-order valence-corrected chi connectivity index (χ3v) is 5.17. The van der Waals surface area contributed by atoms with Crippen molar-refractivity contribution in [1.29, 1.82) is 0 Å². The summed E-state index contributed by atoms with van der Waals surface area (Å²) in [7, 11) is 2.21. The van der Waals surface area contributed by atoms with E-state index in [-0.39, 0.29) is 0 Å². The largest absolute Gasteiger partial charge is 0.313 e. The first-order chi connectivity index (χ1) is 9.00. The van der Waals surface area contributed by atoms with E-state index in [0.29, 0.717) is 5.41 Å². The van der Waals surface area contributed by atoms with Crippen molar-refractivity contribution in [2.24, 2.45) is 5.41 Å².